The number of nitrogens with zero attached hydrogens (tertiary/aromatic N) is 4. The van der Waals surface area contributed by atoms with Crippen molar-refractivity contribution in [3.05, 3.63) is 18.6 Å². The molecule has 2 aromatic heterocycles. The molecule has 1 aliphatic rings. The van der Waals surface area contributed by atoms with Crippen LogP contribution in [-0.4, -0.2) is 45.5 Å². The van der Waals surface area contributed by atoms with Crippen molar-refractivity contribution < 1.29 is 4.74 Å². The fraction of sp³-hybridized carbons (Fsp3) is 0.500. The van der Waals surface area contributed by atoms with Crippen LogP contribution in [0.25, 0.3) is 5.65 Å². The van der Waals surface area contributed by atoms with E-state index in [1.807, 2.05) is 10.6 Å². The van der Waals surface area contributed by atoms with Crippen LogP contribution >= 0.6 is 0 Å². The van der Waals surface area contributed by atoms with Crippen molar-refractivity contribution in [2.24, 2.45) is 0 Å². The summed E-state index contributed by atoms with van der Waals surface area (Å²) < 4.78 is 7.79. The van der Waals surface area contributed by atoms with Gasteiger partial charge in [-0.3, -0.25) is 4.40 Å². The number of fused-ring (bicyclic) bond motifs is 1. The third-order valence-corrected chi connectivity index (χ3v) is 3.31. The van der Waals surface area contributed by atoms with E-state index >= 15 is 0 Å². The molecule has 0 amide bonds. The van der Waals surface area contributed by atoms with E-state index in [2.05, 4.69) is 21.9 Å². The number of hydrogen-bond donors (Lipinski definition) is 1. The van der Waals surface area contributed by atoms with Crippen LogP contribution in [0.3, 0.4) is 0 Å². The Morgan fingerprint density at radius 1 is 1.39 bits per heavy atom. The molecule has 0 bridgehead atoms. The second kappa shape index (κ2) is 4.45. The van der Waals surface area contributed by atoms with E-state index in [1.165, 1.54) is 0 Å². The molecule has 2 aromatic rings. The largest absolute Gasteiger partial charge is 0.472 e. The smallest absolute Gasteiger partial charge is 0.260 e. The van der Waals surface area contributed by atoms with Gasteiger partial charge in [0.25, 0.3) is 5.88 Å². The molecule has 0 spiro atoms. The first-order valence-electron chi connectivity index (χ1n) is 6.17. The van der Waals surface area contributed by atoms with Gasteiger partial charge in [-0.15, -0.1) is 0 Å². The summed E-state index contributed by atoms with van der Waals surface area (Å²) in [6.07, 6.45) is 7.53. The number of aromatic nitrogens is 3. The fourth-order valence-corrected chi connectivity index (χ4v) is 2.26. The Morgan fingerprint density at radius 2 is 2.17 bits per heavy atom. The Labute approximate surface area is 105 Å². The summed E-state index contributed by atoms with van der Waals surface area (Å²) in [6, 6.07) is 0. The van der Waals surface area contributed by atoms with E-state index in [0.29, 0.717) is 11.7 Å². The summed E-state index contributed by atoms with van der Waals surface area (Å²) in [7, 11) is 2.13. The number of imidazole rings is 1. The molecule has 0 aliphatic carbocycles. The highest BCUT2D eigenvalue weighted by Gasteiger charge is 2.20. The average Bonchev–Trinajstić information content (AvgIpc) is 2.80. The molecule has 1 fully saturated rings. The number of nitrogens with two attached hydrogens (primary N) is 1. The number of nitrogen functional groups attached to an aromatic ring is 1. The molecule has 1 aliphatic heterocycles. The zero-order valence-corrected chi connectivity index (χ0v) is 10.4. The minimum Gasteiger partial charge on any atom is -0.472 e. The van der Waals surface area contributed by atoms with Crippen LogP contribution in [0.2, 0.25) is 0 Å². The molecule has 96 valence electrons. The van der Waals surface area contributed by atoms with E-state index in [4.69, 9.17) is 10.5 Å². The summed E-state index contributed by atoms with van der Waals surface area (Å²) in [6.45, 7) is 2.11. The Kier molecular flexibility index (Phi) is 2.79. The number of piperidine rings is 1. The highest BCUT2D eigenvalue weighted by molar-refractivity contribution is 5.52. The molecule has 2 N–H and O–H groups in total. The molecular weight excluding hydrogens is 230 g/mol. The maximum Gasteiger partial charge on any atom is 0.260 e. The van der Waals surface area contributed by atoms with Gasteiger partial charge in [-0.1, -0.05) is 0 Å². The molecule has 18 heavy (non-hydrogen) atoms. The van der Waals surface area contributed by atoms with Crippen LogP contribution < -0.4 is 10.5 Å². The second-order valence-electron chi connectivity index (χ2n) is 4.75. The maximum atomic E-state index is 5.95. The lowest BCUT2D eigenvalue weighted by Gasteiger charge is -2.28. The van der Waals surface area contributed by atoms with E-state index < -0.39 is 0 Å². The zero-order valence-electron chi connectivity index (χ0n) is 10.4. The van der Waals surface area contributed by atoms with Crippen molar-refractivity contribution in [1.82, 2.24) is 19.3 Å². The van der Waals surface area contributed by atoms with Crippen molar-refractivity contribution in [2.45, 2.75) is 18.9 Å². The summed E-state index contributed by atoms with van der Waals surface area (Å²) >= 11 is 0. The Hall–Kier alpha value is -1.82. The van der Waals surface area contributed by atoms with Gasteiger partial charge in [0.15, 0.2) is 0 Å². The zero-order chi connectivity index (χ0) is 12.5. The van der Waals surface area contributed by atoms with Crippen LogP contribution in [0.1, 0.15) is 12.8 Å². The monoisotopic (exact) mass is 247 g/mol. The number of ether oxygens (including phenoxy) is 1. The predicted molar refractivity (Wildman–Crippen MR) is 68.5 cm³/mol. The van der Waals surface area contributed by atoms with Gasteiger partial charge in [0, 0.05) is 25.5 Å². The minimum atomic E-state index is 0.205. The molecule has 0 aromatic carbocycles. The summed E-state index contributed by atoms with van der Waals surface area (Å²) in [5.41, 5.74) is 6.49. The van der Waals surface area contributed by atoms with Crippen molar-refractivity contribution in [3.8, 4) is 5.88 Å². The summed E-state index contributed by atoms with van der Waals surface area (Å²) in [5, 5.41) is 0. The molecule has 1 saturated heterocycles. The first-order valence-corrected chi connectivity index (χ1v) is 6.17. The molecule has 3 heterocycles. The molecule has 0 unspecified atom stereocenters. The standard InChI is InChI=1S/C12H17N5O/c1-16-5-2-9(3-6-16)18-12-11-14-4-7-17(11)8-10(13)15-12/h4,7-9H,2-3,5-6,13H2,1H3. The quantitative estimate of drug-likeness (QED) is 0.849. The maximum absolute atomic E-state index is 5.95. The first-order chi connectivity index (χ1) is 8.72. The number of anilines is 1. The molecule has 6 heteroatoms. The van der Waals surface area contributed by atoms with Gasteiger partial charge in [0.2, 0.25) is 5.65 Å². The highest BCUT2D eigenvalue weighted by atomic mass is 16.5. The van der Waals surface area contributed by atoms with Gasteiger partial charge < -0.3 is 15.4 Å². The lowest BCUT2D eigenvalue weighted by Crippen LogP contribution is -2.35. The van der Waals surface area contributed by atoms with E-state index in [9.17, 15) is 0 Å². The van der Waals surface area contributed by atoms with Gasteiger partial charge in [-0.05, 0) is 19.9 Å². The predicted octanol–water partition coefficient (Wildman–Crippen LogP) is 0.784. The van der Waals surface area contributed by atoms with Crippen molar-refractivity contribution in [3.63, 3.8) is 0 Å². The number of rotatable bonds is 2. The fourth-order valence-electron chi connectivity index (χ4n) is 2.26. The van der Waals surface area contributed by atoms with Crippen molar-refractivity contribution in [2.75, 3.05) is 25.9 Å². The van der Waals surface area contributed by atoms with Crippen molar-refractivity contribution >= 4 is 11.5 Å². The Bertz CT molecular complexity index is 544. The van der Waals surface area contributed by atoms with E-state index in [-0.39, 0.29) is 6.10 Å². The van der Waals surface area contributed by atoms with Gasteiger partial charge in [-0.2, -0.15) is 4.98 Å². The Morgan fingerprint density at radius 3 is 2.94 bits per heavy atom. The lowest BCUT2D eigenvalue weighted by molar-refractivity contribution is 0.111. The molecule has 0 atom stereocenters. The van der Waals surface area contributed by atoms with Crippen LogP contribution in [0.5, 0.6) is 5.88 Å². The molecule has 3 rings (SSSR count). The second-order valence-corrected chi connectivity index (χ2v) is 4.75. The van der Waals surface area contributed by atoms with Gasteiger partial charge in [0.1, 0.15) is 11.9 Å². The topological polar surface area (TPSA) is 68.7 Å². The number of likely N-dealkylation sites (tertiary alicyclic amines) is 1. The van der Waals surface area contributed by atoms with E-state index in [1.54, 1.807) is 12.4 Å². The van der Waals surface area contributed by atoms with Crippen molar-refractivity contribution in [1.29, 1.82) is 0 Å². The summed E-state index contributed by atoms with van der Waals surface area (Å²) in [4.78, 5) is 10.8. The average molecular weight is 247 g/mol. The molecular formula is C12H17N5O. The van der Waals surface area contributed by atoms with Gasteiger partial charge in [0.05, 0.1) is 6.20 Å². The molecule has 0 radical (unpaired) electrons. The first kappa shape index (κ1) is 11.3. The summed E-state index contributed by atoms with van der Waals surface area (Å²) in [5.74, 6) is 0.984. The third-order valence-electron chi connectivity index (χ3n) is 3.31. The molecule has 6 nitrogen and oxygen atoms in total. The normalized spacial score (nSPS) is 18.3. The van der Waals surface area contributed by atoms with Crippen LogP contribution in [0.15, 0.2) is 18.6 Å². The van der Waals surface area contributed by atoms with Crippen LogP contribution in [0, 0.1) is 0 Å². The van der Waals surface area contributed by atoms with Crippen LogP contribution in [-0.2, 0) is 0 Å². The molecule has 0 saturated carbocycles. The third kappa shape index (κ3) is 2.11. The minimum absolute atomic E-state index is 0.205. The number of hydrogen-bond acceptors (Lipinski definition) is 5. The van der Waals surface area contributed by atoms with Crippen LogP contribution in [0.4, 0.5) is 5.82 Å². The van der Waals surface area contributed by atoms with E-state index in [0.717, 1.165) is 31.6 Å². The van der Waals surface area contributed by atoms with Gasteiger partial charge in [-0.25, -0.2) is 4.98 Å². The Balaban J connectivity index is 1.83. The highest BCUT2D eigenvalue weighted by Crippen LogP contribution is 2.21. The lowest BCUT2D eigenvalue weighted by atomic mass is 10.1. The SMILES string of the molecule is CN1CCC(Oc2nc(N)cn3ccnc23)CC1. The van der Waals surface area contributed by atoms with Gasteiger partial charge >= 0.3 is 0 Å².